The molecule has 4 bridgehead atoms. The van der Waals surface area contributed by atoms with Gasteiger partial charge in [0.15, 0.2) is 0 Å². The number of nitrogens with one attached hydrogen (secondary N) is 1. The minimum absolute atomic E-state index is 0.156. The van der Waals surface area contributed by atoms with Crippen molar-refractivity contribution >= 4 is 11.6 Å². The summed E-state index contributed by atoms with van der Waals surface area (Å²) in [5.41, 5.74) is 6.22. The van der Waals surface area contributed by atoms with Crippen molar-refractivity contribution in [3.63, 3.8) is 0 Å². The van der Waals surface area contributed by atoms with Gasteiger partial charge in [-0.1, -0.05) is 0 Å². The first-order valence-electron chi connectivity index (χ1n) is 7.74. The minimum Gasteiger partial charge on any atom is -0.379 e. The Balaban J connectivity index is 1.46. The molecule has 1 aromatic heterocycles. The summed E-state index contributed by atoms with van der Waals surface area (Å²) < 4.78 is 1.61. The number of nitrogens with two attached hydrogens (primary N) is 1. The van der Waals surface area contributed by atoms with Crippen molar-refractivity contribution in [1.82, 2.24) is 9.78 Å². The largest absolute Gasteiger partial charge is 0.379 e. The van der Waals surface area contributed by atoms with Crippen molar-refractivity contribution in [3.8, 4) is 0 Å². The molecule has 1 aromatic rings. The van der Waals surface area contributed by atoms with E-state index in [2.05, 4.69) is 10.4 Å². The summed E-state index contributed by atoms with van der Waals surface area (Å²) in [7, 11) is 0. The molecule has 0 unspecified atom stereocenters. The van der Waals surface area contributed by atoms with E-state index >= 15 is 0 Å². The van der Waals surface area contributed by atoms with E-state index in [0.717, 1.165) is 29.4 Å². The van der Waals surface area contributed by atoms with Crippen LogP contribution in [0.15, 0.2) is 12.4 Å². The van der Waals surface area contributed by atoms with Gasteiger partial charge in [-0.05, 0) is 55.8 Å². The van der Waals surface area contributed by atoms with Crippen LogP contribution in [0.4, 0.5) is 5.69 Å². The molecule has 1 heterocycles. The van der Waals surface area contributed by atoms with Crippen molar-refractivity contribution in [2.24, 2.45) is 29.4 Å². The molecule has 3 N–H and O–H groups in total. The van der Waals surface area contributed by atoms with Gasteiger partial charge in [0.25, 0.3) is 0 Å². The highest BCUT2D eigenvalue weighted by Gasteiger charge is 2.48. The van der Waals surface area contributed by atoms with Crippen molar-refractivity contribution in [3.05, 3.63) is 12.4 Å². The first kappa shape index (κ1) is 12.2. The monoisotopic (exact) mass is 274 g/mol. The molecule has 0 aliphatic heterocycles. The Kier molecular flexibility index (Phi) is 2.75. The molecule has 5 nitrogen and oxygen atoms in total. The summed E-state index contributed by atoms with van der Waals surface area (Å²) in [6.07, 6.45) is 10.8. The molecule has 5 heteroatoms. The van der Waals surface area contributed by atoms with Crippen molar-refractivity contribution < 1.29 is 4.79 Å². The standard InChI is InChI=1S/C15H22N4O/c16-14(20)8-19-7-13(6-17-19)18-15-11-2-9-1-10(4-11)5-12(15)3-9/h6-7,9-12,15,18H,1-5,8H2,(H2,16,20). The van der Waals surface area contributed by atoms with E-state index in [0.29, 0.717) is 6.04 Å². The van der Waals surface area contributed by atoms with Gasteiger partial charge in [-0.3, -0.25) is 9.48 Å². The Morgan fingerprint density at radius 2 is 1.90 bits per heavy atom. The van der Waals surface area contributed by atoms with Gasteiger partial charge in [-0.2, -0.15) is 5.10 Å². The molecule has 0 atom stereocenters. The molecule has 4 saturated carbocycles. The maximum absolute atomic E-state index is 10.9. The summed E-state index contributed by atoms with van der Waals surface area (Å²) in [4.78, 5) is 10.9. The van der Waals surface area contributed by atoms with Crippen LogP contribution in [0.5, 0.6) is 0 Å². The molecule has 1 amide bonds. The molecular formula is C15H22N4O. The topological polar surface area (TPSA) is 72.9 Å². The number of aromatic nitrogens is 2. The summed E-state index contributed by atoms with van der Waals surface area (Å²) in [5, 5.41) is 7.88. The van der Waals surface area contributed by atoms with Crippen LogP contribution in [0.3, 0.4) is 0 Å². The third kappa shape index (κ3) is 2.09. The predicted molar refractivity (Wildman–Crippen MR) is 75.9 cm³/mol. The van der Waals surface area contributed by atoms with Crippen LogP contribution in [0.1, 0.15) is 32.1 Å². The number of primary amides is 1. The summed E-state index contributed by atoms with van der Waals surface area (Å²) in [6.45, 7) is 0.156. The molecule has 0 radical (unpaired) electrons. The molecule has 4 aliphatic rings. The van der Waals surface area contributed by atoms with Gasteiger partial charge in [0.05, 0.1) is 11.9 Å². The summed E-state index contributed by atoms with van der Waals surface area (Å²) >= 11 is 0. The second-order valence-corrected chi connectivity index (χ2v) is 6.99. The Hall–Kier alpha value is -1.52. The summed E-state index contributed by atoms with van der Waals surface area (Å²) in [6, 6.07) is 0.606. The molecular weight excluding hydrogens is 252 g/mol. The highest BCUT2D eigenvalue weighted by atomic mass is 16.1. The van der Waals surface area contributed by atoms with E-state index in [-0.39, 0.29) is 12.5 Å². The number of anilines is 1. The fraction of sp³-hybridized carbons (Fsp3) is 0.733. The van der Waals surface area contributed by atoms with E-state index in [4.69, 9.17) is 5.73 Å². The highest BCUT2D eigenvalue weighted by molar-refractivity contribution is 5.73. The maximum Gasteiger partial charge on any atom is 0.239 e. The minimum atomic E-state index is -0.353. The molecule has 4 aliphatic carbocycles. The normalized spacial score (nSPS) is 38.1. The van der Waals surface area contributed by atoms with Gasteiger partial charge in [-0.25, -0.2) is 0 Å². The average Bonchev–Trinajstić information content (AvgIpc) is 2.79. The first-order valence-corrected chi connectivity index (χ1v) is 7.74. The lowest BCUT2D eigenvalue weighted by molar-refractivity contribution is -0.118. The zero-order chi connectivity index (χ0) is 13.7. The third-order valence-corrected chi connectivity index (χ3v) is 5.51. The van der Waals surface area contributed by atoms with E-state index in [1.165, 1.54) is 32.1 Å². The predicted octanol–water partition coefficient (Wildman–Crippen LogP) is 1.60. The lowest BCUT2D eigenvalue weighted by Crippen LogP contribution is -2.51. The number of nitrogens with zero attached hydrogens (tertiary/aromatic N) is 2. The Bertz CT molecular complexity index is 496. The van der Waals surface area contributed by atoms with Crippen LogP contribution in [-0.4, -0.2) is 21.7 Å². The number of carbonyl (C=O) groups is 1. The van der Waals surface area contributed by atoms with Gasteiger partial charge in [0, 0.05) is 12.2 Å². The number of hydrogen-bond donors (Lipinski definition) is 2. The molecule has 4 fully saturated rings. The van der Waals surface area contributed by atoms with Crippen molar-refractivity contribution in [2.75, 3.05) is 5.32 Å². The van der Waals surface area contributed by atoms with Crippen molar-refractivity contribution in [2.45, 2.75) is 44.7 Å². The van der Waals surface area contributed by atoms with Crippen LogP contribution >= 0.6 is 0 Å². The number of rotatable bonds is 4. The fourth-order valence-corrected chi connectivity index (χ4v) is 5.04. The molecule has 20 heavy (non-hydrogen) atoms. The lowest BCUT2D eigenvalue weighted by atomic mass is 9.54. The van der Waals surface area contributed by atoms with Crippen LogP contribution in [0.25, 0.3) is 0 Å². The van der Waals surface area contributed by atoms with Gasteiger partial charge >= 0.3 is 0 Å². The molecule has 0 spiro atoms. The van der Waals surface area contributed by atoms with Crippen LogP contribution < -0.4 is 11.1 Å². The van der Waals surface area contributed by atoms with Gasteiger partial charge < -0.3 is 11.1 Å². The fourth-order valence-electron chi connectivity index (χ4n) is 5.04. The number of hydrogen-bond acceptors (Lipinski definition) is 3. The smallest absolute Gasteiger partial charge is 0.239 e. The molecule has 0 aromatic carbocycles. The summed E-state index contributed by atoms with van der Waals surface area (Å²) in [5.74, 6) is 3.31. The SMILES string of the molecule is NC(=O)Cn1cc(NC2C3CC4CC(C3)CC2C4)cn1. The second-order valence-electron chi connectivity index (χ2n) is 6.99. The van der Waals surface area contributed by atoms with Gasteiger partial charge in [0.2, 0.25) is 5.91 Å². The number of amides is 1. The maximum atomic E-state index is 10.9. The Morgan fingerprint density at radius 1 is 1.25 bits per heavy atom. The van der Waals surface area contributed by atoms with Crippen LogP contribution in [0.2, 0.25) is 0 Å². The van der Waals surface area contributed by atoms with E-state index in [1.54, 1.807) is 4.68 Å². The highest BCUT2D eigenvalue weighted by Crippen LogP contribution is 2.54. The van der Waals surface area contributed by atoms with Gasteiger partial charge in [-0.15, -0.1) is 0 Å². The van der Waals surface area contributed by atoms with Gasteiger partial charge in [0.1, 0.15) is 6.54 Å². The Labute approximate surface area is 118 Å². The average molecular weight is 274 g/mol. The zero-order valence-electron chi connectivity index (χ0n) is 11.7. The van der Waals surface area contributed by atoms with Crippen molar-refractivity contribution in [1.29, 1.82) is 0 Å². The van der Waals surface area contributed by atoms with E-state index in [1.807, 2.05) is 12.4 Å². The second kappa shape index (κ2) is 4.50. The third-order valence-electron chi connectivity index (χ3n) is 5.51. The number of carbonyl (C=O) groups excluding carboxylic acids is 1. The van der Waals surface area contributed by atoms with E-state index < -0.39 is 0 Å². The zero-order valence-corrected chi connectivity index (χ0v) is 11.7. The Morgan fingerprint density at radius 3 is 2.50 bits per heavy atom. The lowest BCUT2D eigenvalue weighted by Gasteiger charge is -2.54. The van der Waals surface area contributed by atoms with E-state index in [9.17, 15) is 4.79 Å². The molecule has 5 rings (SSSR count). The molecule has 0 saturated heterocycles. The first-order chi connectivity index (χ1) is 9.67. The van der Waals surface area contributed by atoms with Crippen LogP contribution in [0, 0.1) is 23.7 Å². The molecule has 108 valence electrons. The quantitative estimate of drug-likeness (QED) is 0.876. The van der Waals surface area contributed by atoms with Crippen LogP contribution in [-0.2, 0) is 11.3 Å².